The zero-order chi connectivity index (χ0) is 19.7. The Morgan fingerprint density at radius 1 is 0.808 bits per heavy atom. The molecular weight excluding hydrogens is 386 g/mol. The molecular formula is C23H30BrNO. The Morgan fingerprint density at radius 2 is 1.27 bits per heavy atom. The van der Waals surface area contributed by atoms with Crippen molar-refractivity contribution in [2.75, 3.05) is 5.73 Å². The van der Waals surface area contributed by atoms with Crippen LogP contribution in [-0.2, 0) is 16.2 Å². The molecule has 1 heterocycles. The van der Waals surface area contributed by atoms with E-state index in [0.717, 1.165) is 21.5 Å². The molecule has 26 heavy (non-hydrogen) atoms. The number of halogens is 1. The lowest BCUT2D eigenvalue weighted by Gasteiger charge is -2.38. The molecule has 0 amide bonds. The second-order valence-electron chi connectivity index (χ2n) is 10.0. The maximum atomic E-state index is 6.43. The fraction of sp³-hybridized carbons (Fsp3) is 0.478. The van der Waals surface area contributed by atoms with Crippen LogP contribution in [-0.4, -0.2) is 0 Å². The summed E-state index contributed by atoms with van der Waals surface area (Å²) in [5, 5.41) is 0. The molecule has 0 saturated heterocycles. The highest BCUT2D eigenvalue weighted by Gasteiger charge is 2.38. The molecule has 0 aromatic heterocycles. The molecule has 2 N–H and O–H groups in total. The lowest BCUT2D eigenvalue weighted by molar-refractivity contribution is 0.414. The molecule has 3 rings (SSSR count). The number of fused-ring (bicyclic) bond motifs is 2. The zero-order valence-corrected chi connectivity index (χ0v) is 18.8. The van der Waals surface area contributed by atoms with Crippen LogP contribution in [0.15, 0.2) is 28.7 Å². The fourth-order valence-corrected chi connectivity index (χ4v) is 4.05. The standard InChI is InChI=1S/C23H30BrNO/c1-21(2,3)13-9-15-19(17(24)11-13)26-20-16(23(15,7)8)10-14(12-18(20)25)22(4,5)6/h9-12H,25H2,1-8H3. The number of nitrogen functional groups attached to an aromatic ring is 1. The third-order valence-electron chi connectivity index (χ3n) is 5.44. The van der Waals surface area contributed by atoms with E-state index >= 15 is 0 Å². The first-order valence-electron chi connectivity index (χ1n) is 9.20. The summed E-state index contributed by atoms with van der Waals surface area (Å²) >= 11 is 3.73. The summed E-state index contributed by atoms with van der Waals surface area (Å²) in [5.41, 5.74) is 11.9. The van der Waals surface area contributed by atoms with Crippen LogP contribution < -0.4 is 10.5 Å². The molecule has 2 aromatic carbocycles. The number of benzene rings is 2. The predicted octanol–water partition coefficient (Wildman–Crippen LogP) is 7.06. The number of ether oxygens (including phenoxy) is 1. The lowest BCUT2D eigenvalue weighted by Crippen LogP contribution is -2.27. The summed E-state index contributed by atoms with van der Waals surface area (Å²) in [5.74, 6) is 1.67. The van der Waals surface area contributed by atoms with Gasteiger partial charge in [0.15, 0.2) is 5.75 Å². The Balaban J connectivity index is 2.29. The minimum atomic E-state index is -0.192. The molecule has 1 aliphatic heterocycles. The van der Waals surface area contributed by atoms with Gasteiger partial charge in [-0.2, -0.15) is 0 Å². The molecule has 0 atom stereocenters. The third kappa shape index (κ3) is 3.05. The molecule has 1 aliphatic rings. The minimum Gasteiger partial charge on any atom is -0.453 e. The normalized spacial score (nSPS) is 15.9. The molecule has 0 unspecified atom stereocenters. The molecule has 0 radical (unpaired) electrons. The first kappa shape index (κ1) is 19.3. The summed E-state index contributed by atoms with van der Waals surface area (Å²) in [7, 11) is 0. The van der Waals surface area contributed by atoms with Gasteiger partial charge in [-0.05, 0) is 50.0 Å². The van der Waals surface area contributed by atoms with Crippen LogP contribution in [0.3, 0.4) is 0 Å². The van der Waals surface area contributed by atoms with Crippen molar-refractivity contribution in [2.45, 2.75) is 71.6 Å². The fourth-order valence-electron chi connectivity index (χ4n) is 3.50. The van der Waals surface area contributed by atoms with Crippen LogP contribution in [0.2, 0.25) is 0 Å². The maximum Gasteiger partial charge on any atom is 0.154 e. The first-order chi connectivity index (χ1) is 11.7. The molecule has 140 valence electrons. The van der Waals surface area contributed by atoms with Gasteiger partial charge < -0.3 is 10.5 Å². The van der Waals surface area contributed by atoms with Crippen molar-refractivity contribution in [1.82, 2.24) is 0 Å². The average Bonchev–Trinajstić information content (AvgIpc) is 2.47. The van der Waals surface area contributed by atoms with E-state index in [0.29, 0.717) is 5.69 Å². The molecule has 0 spiro atoms. The van der Waals surface area contributed by atoms with Crippen LogP contribution in [0, 0.1) is 0 Å². The predicted molar refractivity (Wildman–Crippen MR) is 115 cm³/mol. The maximum absolute atomic E-state index is 6.43. The topological polar surface area (TPSA) is 35.2 Å². The number of nitrogens with two attached hydrogens (primary N) is 1. The van der Waals surface area contributed by atoms with Gasteiger partial charge in [0.2, 0.25) is 0 Å². The Morgan fingerprint density at radius 3 is 1.77 bits per heavy atom. The number of rotatable bonds is 0. The summed E-state index contributed by atoms with van der Waals surface area (Å²) in [4.78, 5) is 0. The SMILES string of the molecule is CC(C)(C)c1cc(N)c2c(c1)C(C)(C)c1cc(C(C)(C)C)cc(Br)c1O2. The number of anilines is 1. The van der Waals surface area contributed by atoms with Gasteiger partial charge in [0.1, 0.15) is 5.75 Å². The van der Waals surface area contributed by atoms with Crippen molar-refractivity contribution >= 4 is 21.6 Å². The molecule has 2 nitrogen and oxygen atoms in total. The summed E-state index contributed by atoms with van der Waals surface area (Å²) in [6.45, 7) is 17.9. The molecule has 3 heteroatoms. The average molecular weight is 416 g/mol. The van der Waals surface area contributed by atoms with Crippen molar-refractivity contribution in [3.63, 3.8) is 0 Å². The van der Waals surface area contributed by atoms with Crippen molar-refractivity contribution in [1.29, 1.82) is 0 Å². The van der Waals surface area contributed by atoms with Gasteiger partial charge in [-0.1, -0.05) is 67.5 Å². The van der Waals surface area contributed by atoms with E-state index in [1.54, 1.807) is 0 Å². The second-order valence-corrected chi connectivity index (χ2v) is 10.9. The van der Waals surface area contributed by atoms with E-state index in [9.17, 15) is 0 Å². The Labute approximate surface area is 166 Å². The van der Waals surface area contributed by atoms with Gasteiger partial charge in [-0.25, -0.2) is 0 Å². The van der Waals surface area contributed by atoms with E-state index < -0.39 is 0 Å². The summed E-state index contributed by atoms with van der Waals surface area (Å²) in [6, 6.07) is 8.78. The van der Waals surface area contributed by atoms with E-state index in [4.69, 9.17) is 10.5 Å². The van der Waals surface area contributed by atoms with Crippen molar-refractivity contribution < 1.29 is 4.74 Å². The van der Waals surface area contributed by atoms with Gasteiger partial charge >= 0.3 is 0 Å². The van der Waals surface area contributed by atoms with Crippen molar-refractivity contribution in [2.24, 2.45) is 0 Å². The zero-order valence-electron chi connectivity index (χ0n) is 17.2. The molecule has 0 fully saturated rings. The van der Waals surface area contributed by atoms with Crippen LogP contribution >= 0.6 is 15.9 Å². The van der Waals surface area contributed by atoms with Gasteiger partial charge in [0, 0.05) is 16.5 Å². The largest absolute Gasteiger partial charge is 0.453 e. The highest BCUT2D eigenvalue weighted by molar-refractivity contribution is 9.10. The summed E-state index contributed by atoms with van der Waals surface area (Å²) in [6.07, 6.45) is 0. The van der Waals surface area contributed by atoms with Crippen LogP contribution in [0.25, 0.3) is 0 Å². The Hall–Kier alpha value is -1.48. The van der Waals surface area contributed by atoms with Gasteiger partial charge in [0.25, 0.3) is 0 Å². The lowest BCUT2D eigenvalue weighted by atomic mass is 9.72. The highest BCUT2D eigenvalue weighted by atomic mass is 79.9. The Bertz CT molecular complexity index is 811. The molecule has 2 aromatic rings. The number of hydrogen-bond acceptors (Lipinski definition) is 2. The molecule has 0 aliphatic carbocycles. The van der Waals surface area contributed by atoms with Crippen LogP contribution in [0.4, 0.5) is 5.69 Å². The molecule has 0 bridgehead atoms. The summed E-state index contributed by atoms with van der Waals surface area (Å²) < 4.78 is 7.32. The van der Waals surface area contributed by atoms with Gasteiger partial charge in [0.05, 0.1) is 10.2 Å². The van der Waals surface area contributed by atoms with Crippen LogP contribution in [0.5, 0.6) is 11.5 Å². The monoisotopic (exact) mass is 415 g/mol. The Kier molecular flexibility index (Phi) is 4.27. The van der Waals surface area contributed by atoms with Crippen LogP contribution in [0.1, 0.15) is 77.6 Å². The van der Waals surface area contributed by atoms with E-state index in [-0.39, 0.29) is 16.2 Å². The van der Waals surface area contributed by atoms with Crippen molar-refractivity contribution in [3.05, 3.63) is 51.0 Å². The smallest absolute Gasteiger partial charge is 0.154 e. The second kappa shape index (κ2) is 5.76. The quantitative estimate of drug-likeness (QED) is 0.467. The third-order valence-corrected chi connectivity index (χ3v) is 6.03. The highest BCUT2D eigenvalue weighted by Crippen LogP contribution is 2.54. The van der Waals surface area contributed by atoms with E-state index in [2.05, 4.69) is 95.6 Å². The van der Waals surface area contributed by atoms with Gasteiger partial charge in [-0.3, -0.25) is 0 Å². The van der Waals surface area contributed by atoms with E-state index in [1.165, 1.54) is 16.7 Å². The van der Waals surface area contributed by atoms with Gasteiger partial charge in [-0.15, -0.1) is 0 Å². The van der Waals surface area contributed by atoms with Crippen molar-refractivity contribution in [3.8, 4) is 11.5 Å². The number of hydrogen-bond donors (Lipinski definition) is 1. The first-order valence-corrected chi connectivity index (χ1v) is 9.99. The molecule has 0 saturated carbocycles. The minimum absolute atomic E-state index is 0.0351. The van der Waals surface area contributed by atoms with E-state index in [1.807, 2.05) is 0 Å².